The van der Waals surface area contributed by atoms with Gasteiger partial charge in [0.05, 0.1) is 21.9 Å². The van der Waals surface area contributed by atoms with Crippen LogP contribution in [0.5, 0.6) is 0 Å². The Morgan fingerprint density at radius 2 is 1.81 bits per heavy atom. The number of hydrogen-bond donors (Lipinski definition) is 1. The summed E-state index contributed by atoms with van der Waals surface area (Å²) in [6.07, 6.45) is -0.917. The molecule has 1 heterocycles. The van der Waals surface area contributed by atoms with E-state index in [1.54, 1.807) is 0 Å². The van der Waals surface area contributed by atoms with Gasteiger partial charge in [-0.05, 0) is 31.0 Å². The molecule has 0 bridgehead atoms. The lowest BCUT2D eigenvalue weighted by atomic mass is 9.88. The van der Waals surface area contributed by atoms with Crippen LogP contribution in [0.3, 0.4) is 0 Å². The first-order chi connectivity index (χ1) is 9.72. The monoisotopic (exact) mass is 319 g/mol. The third-order valence-corrected chi connectivity index (χ3v) is 6.47. The van der Waals surface area contributed by atoms with E-state index in [4.69, 9.17) is 0 Å². The number of sulfone groups is 1. The van der Waals surface area contributed by atoms with Gasteiger partial charge in [-0.25, -0.2) is 8.42 Å². The van der Waals surface area contributed by atoms with Crippen molar-refractivity contribution in [3.05, 3.63) is 23.8 Å². The molecule has 1 spiro atoms. The fourth-order valence-electron chi connectivity index (χ4n) is 3.38. The third-order valence-electron chi connectivity index (χ3n) is 4.46. The van der Waals surface area contributed by atoms with Crippen molar-refractivity contribution in [3.8, 4) is 0 Å². The van der Waals surface area contributed by atoms with E-state index >= 15 is 0 Å². The van der Waals surface area contributed by atoms with Crippen molar-refractivity contribution in [1.29, 1.82) is 0 Å². The molecule has 0 amide bonds. The number of benzene rings is 1. The molecule has 116 valence electrons. The van der Waals surface area contributed by atoms with Crippen molar-refractivity contribution in [1.82, 2.24) is 0 Å². The number of hydrogen-bond acceptors (Lipinski definition) is 3. The number of fused-ring (bicyclic) bond motifs is 1. The van der Waals surface area contributed by atoms with Crippen LogP contribution < -0.4 is 5.32 Å². The lowest BCUT2D eigenvalue weighted by Gasteiger charge is -2.26. The SMILES string of the molecule is O=S1(=O)CC2(CCCC2)CNc2cc(C(F)(F)F)ccc21. The molecule has 1 aromatic carbocycles. The summed E-state index contributed by atoms with van der Waals surface area (Å²) < 4.78 is 63.3. The Morgan fingerprint density at radius 1 is 1.14 bits per heavy atom. The second kappa shape index (κ2) is 4.63. The van der Waals surface area contributed by atoms with Crippen LogP contribution in [0.15, 0.2) is 23.1 Å². The molecule has 1 saturated carbocycles. The topological polar surface area (TPSA) is 46.2 Å². The van der Waals surface area contributed by atoms with Crippen molar-refractivity contribution in [2.75, 3.05) is 17.6 Å². The lowest BCUT2D eigenvalue weighted by molar-refractivity contribution is -0.137. The Hall–Kier alpha value is -1.24. The van der Waals surface area contributed by atoms with Gasteiger partial charge in [0, 0.05) is 12.0 Å². The van der Waals surface area contributed by atoms with E-state index in [0.717, 1.165) is 43.9 Å². The van der Waals surface area contributed by atoms with E-state index < -0.39 is 21.6 Å². The second-order valence-corrected chi connectivity index (χ2v) is 7.99. The highest BCUT2D eigenvalue weighted by molar-refractivity contribution is 7.91. The quantitative estimate of drug-likeness (QED) is 0.796. The van der Waals surface area contributed by atoms with Gasteiger partial charge in [-0.2, -0.15) is 13.2 Å². The molecule has 0 aromatic heterocycles. The van der Waals surface area contributed by atoms with Gasteiger partial charge >= 0.3 is 6.18 Å². The molecule has 2 aliphatic rings. The summed E-state index contributed by atoms with van der Waals surface area (Å²) in [5, 5.41) is 2.95. The average Bonchev–Trinajstić information content (AvgIpc) is 2.78. The van der Waals surface area contributed by atoms with Crippen LogP contribution in [0.2, 0.25) is 0 Å². The minimum Gasteiger partial charge on any atom is -0.383 e. The molecule has 1 N–H and O–H groups in total. The van der Waals surface area contributed by atoms with Crippen LogP contribution in [0.1, 0.15) is 31.2 Å². The number of nitrogens with one attached hydrogen (secondary N) is 1. The van der Waals surface area contributed by atoms with Crippen molar-refractivity contribution in [2.45, 2.75) is 36.8 Å². The smallest absolute Gasteiger partial charge is 0.383 e. The summed E-state index contributed by atoms with van der Waals surface area (Å²) in [7, 11) is -3.56. The van der Waals surface area contributed by atoms with Gasteiger partial charge in [0.1, 0.15) is 0 Å². The minimum absolute atomic E-state index is 0.0146. The van der Waals surface area contributed by atoms with Crippen molar-refractivity contribution >= 4 is 15.5 Å². The van der Waals surface area contributed by atoms with Gasteiger partial charge < -0.3 is 5.32 Å². The highest BCUT2D eigenvalue weighted by Gasteiger charge is 2.42. The molecule has 0 radical (unpaired) electrons. The summed E-state index contributed by atoms with van der Waals surface area (Å²) in [6, 6.07) is 2.82. The fraction of sp³-hybridized carbons (Fsp3) is 0.571. The minimum atomic E-state index is -4.47. The van der Waals surface area contributed by atoms with E-state index in [1.165, 1.54) is 0 Å². The summed E-state index contributed by atoms with van der Waals surface area (Å²) in [5.74, 6) is 0.0192. The van der Waals surface area contributed by atoms with E-state index in [0.29, 0.717) is 6.54 Å². The molecule has 1 fully saturated rings. The summed E-state index contributed by atoms with van der Waals surface area (Å²) in [6.45, 7) is 0.417. The van der Waals surface area contributed by atoms with Crippen LogP contribution >= 0.6 is 0 Å². The Kier molecular flexibility index (Phi) is 3.24. The maximum absolute atomic E-state index is 12.8. The standard InChI is InChI=1S/C14H16F3NO2S/c15-14(16,17)10-3-4-12-11(7-10)18-8-13(5-1-2-6-13)9-21(12,19)20/h3-4,7,18H,1-2,5-6,8-9H2. The predicted molar refractivity (Wildman–Crippen MR) is 72.9 cm³/mol. The van der Waals surface area contributed by atoms with Gasteiger partial charge in [-0.15, -0.1) is 0 Å². The first kappa shape index (κ1) is 14.7. The molecule has 1 aromatic rings. The van der Waals surface area contributed by atoms with Crippen LogP contribution in [0.4, 0.5) is 18.9 Å². The summed E-state index contributed by atoms with van der Waals surface area (Å²) in [4.78, 5) is -0.0146. The first-order valence-electron chi connectivity index (χ1n) is 6.90. The lowest BCUT2D eigenvalue weighted by Crippen LogP contribution is -2.31. The van der Waals surface area contributed by atoms with Crippen molar-refractivity contribution < 1.29 is 21.6 Å². The van der Waals surface area contributed by atoms with Gasteiger partial charge in [-0.1, -0.05) is 12.8 Å². The normalized spacial score (nSPS) is 23.4. The molecular weight excluding hydrogens is 303 g/mol. The summed E-state index contributed by atoms with van der Waals surface area (Å²) >= 11 is 0. The molecule has 7 heteroatoms. The van der Waals surface area contributed by atoms with Gasteiger partial charge in [0.15, 0.2) is 9.84 Å². The van der Waals surface area contributed by atoms with Crippen LogP contribution in [0, 0.1) is 5.41 Å². The van der Waals surface area contributed by atoms with Crippen molar-refractivity contribution in [2.24, 2.45) is 5.41 Å². The van der Waals surface area contributed by atoms with Gasteiger partial charge in [-0.3, -0.25) is 0 Å². The van der Waals surface area contributed by atoms with E-state index in [1.807, 2.05) is 0 Å². The molecule has 0 atom stereocenters. The maximum atomic E-state index is 12.8. The third kappa shape index (κ3) is 2.63. The van der Waals surface area contributed by atoms with E-state index in [9.17, 15) is 21.6 Å². The number of halogens is 3. The Bertz CT molecular complexity index is 661. The number of alkyl halides is 3. The predicted octanol–water partition coefficient (Wildman–Crippen LogP) is 3.47. The highest BCUT2D eigenvalue weighted by Crippen LogP contribution is 2.44. The maximum Gasteiger partial charge on any atom is 0.416 e. The second-order valence-electron chi connectivity index (χ2n) is 6.03. The highest BCUT2D eigenvalue weighted by atomic mass is 32.2. The molecular formula is C14H16F3NO2S. The van der Waals surface area contributed by atoms with E-state index in [-0.39, 0.29) is 21.8 Å². The van der Waals surface area contributed by atoms with Crippen LogP contribution in [-0.4, -0.2) is 20.7 Å². The Morgan fingerprint density at radius 3 is 2.43 bits per heavy atom. The zero-order chi connectivity index (χ0) is 15.3. The molecule has 21 heavy (non-hydrogen) atoms. The molecule has 3 rings (SSSR count). The van der Waals surface area contributed by atoms with Crippen LogP contribution in [0.25, 0.3) is 0 Å². The molecule has 1 aliphatic heterocycles. The number of rotatable bonds is 0. The first-order valence-corrected chi connectivity index (χ1v) is 8.55. The number of anilines is 1. The zero-order valence-electron chi connectivity index (χ0n) is 11.3. The molecule has 1 aliphatic carbocycles. The van der Waals surface area contributed by atoms with Gasteiger partial charge in [0.25, 0.3) is 0 Å². The summed E-state index contributed by atoms with van der Waals surface area (Å²) in [5.41, 5.74) is -1.09. The average molecular weight is 319 g/mol. The Balaban J connectivity index is 2.05. The fourth-order valence-corrected chi connectivity index (χ4v) is 5.47. The molecule has 3 nitrogen and oxygen atoms in total. The van der Waals surface area contributed by atoms with Crippen LogP contribution in [-0.2, 0) is 16.0 Å². The van der Waals surface area contributed by atoms with Gasteiger partial charge in [0.2, 0.25) is 0 Å². The van der Waals surface area contributed by atoms with E-state index in [2.05, 4.69) is 5.32 Å². The Labute approximate surface area is 121 Å². The van der Waals surface area contributed by atoms with Crippen molar-refractivity contribution in [3.63, 3.8) is 0 Å². The molecule has 0 saturated heterocycles. The largest absolute Gasteiger partial charge is 0.416 e. The molecule has 0 unspecified atom stereocenters. The zero-order valence-corrected chi connectivity index (χ0v) is 12.1.